The van der Waals surface area contributed by atoms with E-state index in [1.807, 2.05) is 24.4 Å². The maximum Gasteiger partial charge on any atom is 0.153 e. The van der Waals surface area contributed by atoms with Crippen LogP contribution in [0, 0.1) is 0 Å². The van der Waals surface area contributed by atoms with Crippen LogP contribution in [0.15, 0.2) is 30.6 Å². The number of pyridine rings is 1. The van der Waals surface area contributed by atoms with Gasteiger partial charge in [-0.2, -0.15) is 5.10 Å². The number of nitrogens with zero attached hydrogens (tertiary/aromatic N) is 3. The minimum absolute atomic E-state index is 0.664. The number of anilines is 1. The van der Waals surface area contributed by atoms with Gasteiger partial charge in [0, 0.05) is 6.20 Å². The van der Waals surface area contributed by atoms with Gasteiger partial charge in [0.25, 0.3) is 0 Å². The third-order valence-electron chi connectivity index (χ3n) is 2.01. The van der Waals surface area contributed by atoms with Gasteiger partial charge in [0.05, 0.1) is 17.6 Å². The van der Waals surface area contributed by atoms with Crippen LogP contribution >= 0.6 is 0 Å². The molecule has 0 amide bonds. The van der Waals surface area contributed by atoms with Crippen LogP contribution in [0.25, 0.3) is 5.82 Å². The molecule has 2 aromatic heterocycles. The predicted molar refractivity (Wildman–Crippen MR) is 55.1 cm³/mol. The van der Waals surface area contributed by atoms with E-state index in [4.69, 9.17) is 5.73 Å². The second kappa shape index (κ2) is 3.49. The maximum absolute atomic E-state index is 5.54. The molecule has 72 valence electrons. The van der Waals surface area contributed by atoms with Crippen molar-refractivity contribution in [3.8, 4) is 5.82 Å². The van der Waals surface area contributed by atoms with Crippen molar-refractivity contribution in [3.63, 3.8) is 0 Å². The predicted octanol–water partition coefficient (Wildman–Crippen LogP) is 1.41. The molecule has 2 heterocycles. The highest BCUT2D eigenvalue weighted by Crippen LogP contribution is 2.06. The van der Waals surface area contributed by atoms with Crippen LogP contribution in [0.3, 0.4) is 0 Å². The lowest BCUT2D eigenvalue weighted by molar-refractivity contribution is 0.816. The molecule has 2 rings (SSSR count). The zero-order valence-corrected chi connectivity index (χ0v) is 8.01. The van der Waals surface area contributed by atoms with Gasteiger partial charge in [0.15, 0.2) is 5.82 Å². The largest absolute Gasteiger partial charge is 0.397 e. The van der Waals surface area contributed by atoms with E-state index in [-0.39, 0.29) is 0 Å². The topological polar surface area (TPSA) is 56.7 Å². The quantitative estimate of drug-likeness (QED) is 0.775. The van der Waals surface area contributed by atoms with Crippen LogP contribution in [-0.4, -0.2) is 14.8 Å². The Kier molecular flexibility index (Phi) is 2.18. The van der Waals surface area contributed by atoms with Crippen molar-refractivity contribution >= 4 is 5.69 Å². The average Bonchev–Trinajstić information content (AvgIpc) is 2.67. The lowest BCUT2D eigenvalue weighted by Crippen LogP contribution is -1.99. The minimum atomic E-state index is 0.664. The van der Waals surface area contributed by atoms with Crippen molar-refractivity contribution in [2.24, 2.45) is 0 Å². The number of aryl methyl sites for hydroxylation is 1. The van der Waals surface area contributed by atoms with Crippen LogP contribution in [0.1, 0.15) is 12.6 Å². The molecule has 2 N–H and O–H groups in total. The van der Waals surface area contributed by atoms with Gasteiger partial charge in [0.2, 0.25) is 0 Å². The first-order chi connectivity index (χ1) is 6.79. The zero-order valence-electron chi connectivity index (χ0n) is 8.01. The second-order valence-corrected chi connectivity index (χ2v) is 3.05. The molecule has 4 nitrogen and oxygen atoms in total. The van der Waals surface area contributed by atoms with E-state index in [0.717, 1.165) is 17.9 Å². The summed E-state index contributed by atoms with van der Waals surface area (Å²) in [7, 11) is 0. The average molecular weight is 188 g/mol. The number of rotatable bonds is 2. The summed E-state index contributed by atoms with van der Waals surface area (Å²) in [5.74, 6) is 0.791. The number of nitrogen functional groups attached to an aromatic ring is 1. The van der Waals surface area contributed by atoms with Gasteiger partial charge in [-0.25, -0.2) is 9.67 Å². The smallest absolute Gasteiger partial charge is 0.153 e. The van der Waals surface area contributed by atoms with E-state index in [9.17, 15) is 0 Å². The van der Waals surface area contributed by atoms with Crippen LogP contribution in [0.2, 0.25) is 0 Å². The Balaban J connectivity index is 2.34. The first-order valence-corrected chi connectivity index (χ1v) is 4.56. The molecule has 0 aromatic carbocycles. The lowest BCUT2D eigenvalue weighted by atomic mass is 10.4. The molecule has 0 radical (unpaired) electrons. The van der Waals surface area contributed by atoms with E-state index >= 15 is 0 Å². The summed E-state index contributed by atoms with van der Waals surface area (Å²) in [6.45, 7) is 2.07. The Bertz CT molecular complexity index is 416. The molecule has 0 saturated heterocycles. The third kappa shape index (κ3) is 1.59. The number of nitrogens with two attached hydrogens (primary N) is 1. The highest BCUT2D eigenvalue weighted by atomic mass is 15.3. The fourth-order valence-electron chi connectivity index (χ4n) is 1.21. The molecule has 0 saturated carbocycles. The second-order valence-electron chi connectivity index (χ2n) is 3.05. The SMILES string of the molecule is CCc1ccn(-c2ccc(N)cn2)n1. The Labute approximate surface area is 82.4 Å². The number of aromatic nitrogens is 3. The van der Waals surface area contributed by atoms with E-state index < -0.39 is 0 Å². The van der Waals surface area contributed by atoms with Crippen LogP contribution in [0.4, 0.5) is 5.69 Å². The summed E-state index contributed by atoms with van der Waals surface area (Å²) in [5, 5.41) is 4.34. The molecule has 0 aliphatic rings. The summed E-state index contributed by atoms with van der Waals surface area (Å²) >= 11 is 0. The fraction of sp³-hybridized carbons (Fsp3) is 0.200. The van der Waals surface area contributed by atoms with Gasteiger partial charge in [-0.15, -0.1) is 0 Å². The third-order valence-corrected chi connectivity index (χ3v) is 2.01. The molecule has 14 heavy (non-hydrogen) atoms. The van der Waals surface area contributed by atoms with Crippen LogP contribution < -0.4 is 5.73 Å². The van der Waals surface area contributed by atoms with Crippen molar-refractivity contribution < 1.29 is 0 Å². The molecular weight excluding hydrogens is 176 g/mol. The molecule has 0 aliphatic heterocycles. The molecule has 4 heteroatoms. The normalized spacial score (nSPS) is 10.4. The Morgan fingerprint density at radius 2 is 2.21 bits per heavy atom. The molecule has 0 aliphatic carbocycles. The monoisotopic (exact) mass is 188 g/mol. The highest BCUT2D eigenvalue weighted by Gasteiger charge is 1.99. The number of hydrogen-bond donors (Lipinski definition) is 1. The Hall–Kier alpha value is -1.84. The Morgan fingerprint density at radius 3 is 2.79 bits per heavy atom. The Morgan fingerprint density at radius 1 is 1.36 bits per heavy atom. The minimum Gasteiger partial charge on any atom is -0.397 e. The molecular formula is C10H12N4. The van der Waals surface area contributed by atoms with Crippen molar-refractivity contribution in [3.05, 3.63) is 36.3 Å². The molecule has 0 fully saturated rings. The van der Waals surface area contributed by atoms with Gasteiger partial charge in [-0.1, -0.05) is 6.92 Å². The van der Waals surface area contributed by atoms with Crippen molar-refractivity contribution in [1.29, 1.82) is 0 Å². The van der Waals surface area contributed by atoms with Crippen molar-refractivity contribution in [2.75, 3.05) is 5.73 Å². The molecule has 0 atom stereocenters. The highest BCUT2D eigenvalue weighted by molar-refractivity contribution is 5.38. The van der Waals surface area contributed by atoms with Crippen molar-refractivity contribution in [2.45, 2.75) is 13.3 Å². The van der Waals surface area contributed by atoms with Crippen LogP contribution in [-0.2, 0) is 6.42 Å². The maximum atomic E-state index is 5.54. The summed E-state index contributed by atoms with van der Waals surface area (Å²) in [6, 6.07) is 5.65. The van der Waals surface area contributed by atoms with Gasteiger partial charge in [-0.05, 0) is 24.6 Å². The van der Waals surface area contributed by atoms with Gasteiger partial charge in [0.1, 0.15) is 0 Å². The first kappa shape index (κ1) is 8.74. The summed E-state index contributed by atoms with van der Waals surface area (Å²) < 4.78 is 1.75. The zero-order chi connectivity index (χ0) is 9.97. The molecule has 2 aromatic rings. The van der Waals surface area contributed by atoms with Crippen molar-refractivity contribution in [1.82, 2.24) is 14.8 Å². The summed E-state index contributed by atoms with van der Waals surface area (Å²) in [6.07, 6.45) is 4.46. The standard InChI is InChI=1S/C10H12N4/c1-2-9-5-6-14(13-9)10-4-3-8(11)7-12-10/h3-7H,2,11H2,1H3. The number of hydrogen-bond acceptors (Lipinski definition) is 3. The van der Waals surface area contributed by atoms with E-state index in [2.05, 4.69) is 17.0 Å². The van der Waals surface area contributed by atoms with E-state index in [0.29, 0.717) is 5.69 Å². The van der Waals surface area contributed by atoms with E-state index in [1.165, 1.54) is 0 Å². The molecule has 0 bridgehead atoms. The van der Waals surface area contributed by atoms with Gasteiger partial charge >= 0.3 is 0 Å². The fourth-order valence-corrected chi connectivity index (χ4v) is 1.21. The van der Waals surface area contributed by atoms with Gasteiger partial charge in [-0.3, -0.25) is 0 Å². The summed E-state index contributed by atoms with van der Waals surface area (Å²) in [4.78, 5) is 4.17. The van der Waals surface area contributed by atoms with Crippen LogP contribution in [0.5, 0.6) is 0 Å². The first-order valence-electron chi connectivity index (χ1n) is 4.56. The van der Waals surface area contributed by atoms with E-state index in [1.54, 1.807) is 10.9 Å². The summed E-state index contributed by atoms with van der Waals surface area (Å²) in [5.41, 5.74) is 7.27. The molecule has 0 unspecified atom stereocenters. The lowest BCUT2D eigenvalue weighted by Gasteiger charge is -1.99. The van der Waals surface area contributed by atoms with Gasteiger partial charge < -0.3 is 5.73 Å². The molecule has 0 spiro atoms.